The summed E-state index contributed by atoms with van der Waals surface area (Å²) in [4.78, 5) is 16.8. The monoisotopic (exact) mass is 314 g/mol. The molecular weight excluding hydrogens is 307 g/mol. The summed E-state index contributed by atoms with van der Waals surface area (Å²) < 4.78 is 67.7. The number of imidazole rings is 1. The van der Waals surface area contributed by atoms with Gasteiger partial charge in [0.15, 0.2) is 5.82 Å². The molecule has 0 radical (unpaired) electrons. The summed E-state index contributed by atoms with van der Waals surface area (Å²) in [5, 5.41) is 0. The summed E-state index contributed by atoms with van der Waals surface area (Å²) in [7, 11) is 1.07. The zero-order chi connectivity index (χ0) is 15.3. The Bertz CT molecular complexity index is 673. The lowest BCUT2D eigenvalue weighted by atomic mass is 10.3. The standard InChI is InChI=1S/C10H7F5N2O2S/c1-3-4-5(6(20-3)7(18)19-2)17-8(16-4)9(11,12)10(13,14)15/h1-2H3,(H,16,17). The lowest BCUT2D eigenvalue weighted by molar-refractivity contribution is -0.292. The predicted octanol–water partition coefficient (Wildman–Crippen LogP) is 3.37. The molecule has 0 aliphatic rings. The highest BCUT2D eigenvalue weighted by Gasteiger charge is 2.61. The number of nitrogens with one attached hydrogen (secondary N) is 1. The van der Waals surface area contributed by atoms with Gasteiger partial charge < -0.3 is 9.72 Å². The van der Waals surface area contributed by atoms with Gasteiger partial charge in [-0.2, -0.15) is 22.0 Å². The van der Waals surface area contributed by atoms with Crippen LogP contribution in [0.5, 0.6) is 0 Å². The van der Waals surface area contributed by atoms with Gasteiger partial charge in [-0.25, -0.2) is 9.78 Å². The van der Waals surface area contributed by atoms with Crippen molar-refractivity contribution < 1.29 is 31.5 Å². The fourth-order valence-corrected chi connectivity index (χ4v) is 2.53. The number of aromatic amines is 1. The van der Waals surface area contributed by atoms with Crippen LogP contribution in [-0.4, -0.2) is 29.2 Å². The summed E-state index contributed by atoms with van der Waals surface area (Å²) >= 11 is 0.899. The van der Waals surface area contributed by atoms with Crippen LogP contribution in [0.4, 0.5) is 22.0 Å². The average molecular weight is 314 g/mol. The molecule has 2 heterocycles. The summed E-state index contributed by atoms with van der Waals surface area (Å²) in [6.07, 6.45) is -5.77. The van der Waals surface area contributed by atoms with Crippen molar-refractivity contribution in [2.45, 2.75) is 19.0 Å². The number of nitrogens with zero attached hydrogens (tertiary/aromatic N) is 1. The first-order chi connectivity index (χ1) is 9.09. The van der Waals surface area contributed by atoms with Gasteiger partial charge >= 0.3 is 18.1 Å². The van der Waals surface area contributed by atoms with Crippen molar-refractivity contribution in [3.63, 3.8) is 0 Å². The maximum atomic E-state index is 13.2. The molecule has 0 bridgehead atoms. The van der Waals surface area contributed by atoms with E-state index in [4.69, 9.17) is 0 Å². The normalized spacial score (nSPS) is 12.9. The Morgan fingerprint density at radius 3 is 2.40 bits per heavy atom. The number of carbonyl (C=O) groups is 1. The molecule has 2 rings (SSSR count). The van der Waals surface area contributed by atoms with E-state index in [-0.39, 0.29) is 15.9 Å². The number of aromatic nitrogens is 2. The molecule has 1 N–H and O–H groups in total. The van der Waals surface area contributed by atoms with Gasteiger partial charge in [-0.15, -0.1) is 11.3 Å². The van der Waals surface area contributed by atoms with Crippen molar-refractivity contribution in [3.8, 4) is 0 Å². The van der Waals surface area contributed by atoms with Crippen LogP contribution in [0.3, 0.4) is 0 Å². The van der Waals surface area contributed by atoms with Gasteiger partial charge in [0.2, 0.25) is 0 Å². The van der Waals surface area contributed by atoms with E-state index in [2.05, 4.69) is 9.72 Å². The van der Waals surface area contributed by atoms with E-state index < -0.39 is 23.9 Å². The molecule has 0 unspecified atom stereocenters. The molecule has 0 fully saturated rings. The smallest absolute Gasteiger partial charge is 0.461 e. The van der Waals surface area contributed by atoms with Crippen LogP contribution in [0.2, 0.25) is 0 Å². The number of aryl methyl sites for hydroxylation is 1. The van der Waals surface area contributed by atoms with E-state index in [1.807, 2.05) is 4.98 Å². The molecule has 4 nitrogen and oxygen atoms in total. The van der Waals surface area contributed by atoms with Crippen molar-refractivity contribution in [1.82, 2.24) is 9.97 Å². The Kier molecular flexibility index (Phi) is 3.23. The second-order valence-corrected chi connectivity index (χ2v) is 5.08. The highest BCUT2D eigenvalue weighted by molar-refractivity contribution is 7.15. The zero-order valence-electron chi connectivity index (χ0n) is 10.1. The van der Waals surface area contributed by atoms with Crippen LogP contribution in [0.25, 0.3) is 11.0 Å². The molecule has 20 heavy (non-hydrogen) atoms. The quantitative estimate of drug-likeness (QED) is 0.683. The second kappa shape index (κ2) is 4.40. The third-order valence-corrected chi connectivity index (χ3v) is 3.62. The van der Waals surface area contributed by atoms with Gasteiger partial charge in [-0.1, -0.05) is 0 Å². The van der Waals surface area contributed by atoms with E-state index in [9.17, 15) is 26.7 Å². The molecule has 2 aromatic heterocycles. The Hall–Kier alpha value is -1.71. The van der Waals surface area contributed by atoms with Crippen molar-refractivity contribution >= 4 is 28.3 Å². The molecule has 0 aliphatic heterocycles. The van der Waals surface area contributed by atoms with E-state index in [0.717, 1.165) is 18.4 Å². The van der Waals surface area contributed by atoms with Crippen LogP contribution in [0.15, 0.2) is 0 Å². The van der Waals surface area contributed by atoms with E-state index in [1.54, 1.807) is 0 Å². The zero-order valence-corrected chi connectivity index (χ0v) is 10.9. The van der Waals surface area contributed by atoms with Crippen LogP contribution in [-0.2, 0) is 10.7 Å². The number of hydrogen-bond donors (Lipinski definition) is 1. The van der Waals surface area contributed by atoms with E-state index >= 15 is 0 Å². The predicted molar refractivity (Wildman–Crippen MR) is 60.0 cm³/mol. The van der Waals surface area contributed by atoms with Crippen LogP contribution < -0.4 is 0 Å². The number of ether oxygens (including phenoxy) is 1. The van der Waals surface area contributed by atoms with Gasteiger partial charge in [-0.3, -0.25) is 0 Å². The minimum atomic E-state index is -5.77. The maximum absolute atomic E-state index is 13.2. The summed E-state index contributed by atoms with van der Waals surface area (Å²) in [6, 6.07) is 0. The minimum Gasteiger partial charge on any atom is -0.465 e. The molecule has 0 saturated heterocycles. The number of H-pyrrole nitrogens is 1. The van der Waals surface area contributed by atoms with Gasteiger partial charge in [0.25, 0.3) is 0 Å². The first kappa shape index (κ1) is 14.7. The lowest BCUT2D eigenvalue weighted by Gasteiger charge is -2.16. The highest BCUT2D eigenvalue weighted by atomic mass is 32.1. The van der Waals surface area contributed by atoms with Crippen LogP contribution >= 0.6 is 11.3 Å². The molecule has 0 spiro atoms. The van der Waals surface area contributed by atoms with E-state index in [1.165, 1.54) is 6.92 Å². The largest absolute Gasteiger partial charge is 0.465 e. The Morgan fingerprint density at radius 2 is 1.90 bits per heavy atom. The van der Waals surface area contributed by atoms with Gasteiger partial charge in [0.1, 0.15) is 10.4 Å². The van der Waals surface area contributed by atoms with Gasteiger partial charge in [0.05, 0.1) is 12.6 Å². The molecule has 0 aromatic carbocycles. The molecule has 2 aromatic rings. The van der Waals surface area contributed by atoms with Crippen LogP contribution in [0.1, 0.15) is 20.4 Å². The number of methoxy groups -OCH3 is 1. The molecular formula is C10H7F5N2O2S. The molecule has 0 saturated carbocycles. The van der Waals surface area contributed by atoms with Gasteiger partial charge in [-0.05, 0) is 6.92 Å². The number of halogens is 5. The number of thiophene rings is 1. The molecule has 0 aliphatic carbocycles. The summed E-state index contributed by atoms with van der Waals surface area (Å²) in [6.45, 7) is 1.45. The molecule has 110 valence electrons. The number of rotatable bonds is 2. The number of hydrogen-bond acceptors (Lipinski definition) is 4. The van der Waals surface area contributed by atoms with Crippen molar-refractivity contribution in [3.05, 3.63) is 15.6 Å². The fourth-order valence-electron chi connectivity index (χ4n) is 1.56. The number of fused-ring (bicyclic) bond motifs is 1. The highest BCUT2D eigenvalue weighted by Crippen LogP contribution is 2.44. The number of alkyl halides is 5. The SMILES string of the molecule is COC(=O)c1sc(C)c2nc(C(F)(F)C(F)(F)F)[nH]c12. The topological polar surface area (TPSA) is 55.0 Å². The Balaban J connectivity index is 2.63. The summed E-state index contributed by atoms with van der Waals surface area (Å²) in [5.41, 5.74) is -0.285. The third kappa shape index (κ3) is 2.03. The second-order valence-electron chi connectivity index (χ2n) is 3.86. The first-order valence-corrected chi connectivity index (χ1v) is 5.93. The van der Waals surface area contributed by atoms with E-state index in [0.29, 0.717) is 4.88 Å². The first-order valence-electron chi connectivity index (χ1n) is 5.12. The molecule has 0 atom stereocenters. The number of esters is 1. The average Bonchev–Trinajstić information content (AvgIpc) is 2.88. The van der Waals surface area contributed by atoms with Gasteiger partial charge in [0, 0.05) is 4.88 Å². The van der Waals surface area contributed by atoms with Crippen molar-refractivity contribution in [2.75, 3.05) is 7.11 Å². The van der Waals surface area contributed by atoms with Crippen molar-refractivity contribution in [2.24, 2.45) is 0 Å². The molecule has 10 heteroatoms. The summed E-state index contributed by atoms with van der Waals surface area (Å²) in [5.74, 6) is -7.50. The maximum Gasteiger partial charge on any atom is 0.461 e. The van der Waals surface area contributed by atoms with Crippen LogP contribution in [0, 0.1) is 6.92 Å². The minimum absolute atomic E-state index is 0.100. The molecule has 0 amide bonds. The fraction of sp³-hybridized carbons (Fsp3) is 0.400. The third-order valence-electron chi connectivity index (χ3n) is 2.54. The number of carbonyl (C=O) groups excluding carboxylic acids is 1. The van der Waals surface area contributed by atoms with Crippen molar-refractivity contribution in [1.29, 1.82) is 0 Å². The Labute approximate surface area is 112 Å². The lowest BCUT2D eigenvalue weighted by Crippen LogP contribution is -2.34. The Morgan fingerprint density at radius 1 is 1.30 bits per heavy atom.